The third-order valence-corrected chi connectivity index (χ3v) is 7.99. The van der Waals surface area contributed by atoms with Crippen molar-refractivity contribution in [1.82, 2.24) is 10.2 Å². The fourth-order valence-electron chi connectivity index (χ4n) is 5.86. The molecule has 4 rings (SSSR count). The molecule has 194 valence electrons. The predicted octanol–water partition coefficient (Wildman–Crippen LogP) is 3.71. The Hall–Kier alpha value is -2.90. The minimum atomic E-state index is -0.598. The summed E-state index contributed by atoms with van der Waals surface area (Å²) in [5.41, 5.74) is 5.32. The molecule has 1 heterocycles. The Kier molecular flexibility index (Phi) is 7.71. The lowest BCUT2D eigenvalue weighted by molar-refractivity contribution is -0.130. The number of likely N-dealkylation sites (tertiary alicyclic amines) is 1. The second-order valence-corrected chi connectivity index (χ2v) is 10.2. The highest BCUT2D eigenvalue weighted by molar-refractivity contribution is 6.00. The maximum absolute atomic E-state index is 13.4. The molecule has 1 fully saturated rings. The third kappa shape index (κ3) is 4.74. The smallest absolute Gasteiger partial charge is 0.226 e. The maximum Gasteiger partial charge on any atom is 0.226 e. The lowest BCUT2D eigenvalue weighted by Crippen LogP contribution is -2.41. The van der Waals surface area contributed by atoms with Gasteiger partial charge in [0.1, 0.15) is 11.9 Å². The van der Waals surface area contributed by atoms with E-state index in [1.807, 2.05) is 32.1 Å². The molecule has 1 saturated heterocycles. The van der Waals surface area contributed by atoms with E-state index in [1.54, 1.807) is 14.2 Å². The zero-order chi connectivity index (χ0) is 26.1. The number of benzene rings is 1. The molecule has 0 bridgehead atoms. The van der Waals surface area contributed by atoms with Gasteiger partial charge in [0.25, 0.3) is 0 Å². The van der Waals surface area contributed by atoms with Crippen LogP contribution in [0.15, 0.2) is 47.3 Å². The molecule has 1 aromatic carbocycles. The summed E-state index contributed by atoms with van der Waals surface area (Å²) in [5, 5.41) is 3.27. The van der Waals surface area contributed by atoms with Crippen molar-refractivity contribution < 1.29 is 23.8 Å². The molecule has 2 aliphatic carbocycles. The van der Waals surface area contributed by atoms with Crippen molar-refractivity contribution in [3.8, 4) is 5.75 Å². The van der Waals surface area contributed by atoms with Crippen LogP contribution in [0.25, 0.3) is 5.57 Å². The molecular weight excluding hydrogens is 456 g/mol. The Morgan fingerprint density at radius 1 is 1.22 bits per heavy atom. The van der Waals surface area contributed by atoms with Crippen molar-refractivity contribution in [1.29, 1.82) is 0 Å². The molecule has 1 aromatic rings. The summed E-state index contributed by atoms with van der Waals surface area (Å²) in [4.78, 5) is 28.3. The molecule has 1 amide bonds. The number of methoxy groups -OCH3 is 3. The van der Waals surface area contributed by atoms with E-state index in [4.69, 9.17) is 14.2 Å². The van der Waals surface area contributed by atoms with E-state index in [-0.39, 0.29) is 35.5 Å². The Bertz CT molecular complexity index is 1130. The van der Waals surface area contributed by atoms with Crippen molar-refractivity contribution >= 4 is 17.3 Å². The molecule has 1 N–H and O–H groups in total. The average molecular weight is 495 g/mol. The van der Waals surface area contributed by atoms with Gasteiger partial charge in [-0.25, -0.2) is 0 Å². The highest BCUT2D eigenvalue weighted by Gasteiger charge is 2.38. The predicted molar refractivity (Wildman–Crippen MR) is 140 cm³/mol. The number of hydrogen-bond donors (Lipinski definition) is 1. The Morgan fingerprint density at radius 3 is 2.58 bits per heavy atom. The summed E-state index contributed by atoms with van der Waals surface area (Å²) in [5.74, 6) is 0.520. The number of Topliss-reactive ketones (excluding diaryl/α,β-unsaturated/α-hetero) is 1. The van der Waals surface area contributed by atoms with Gasteiger partial charge in [-0.1, -0.05) is 31.6 Å². The number of amides is 1. The SMILES string of the molecule is COC1=CC(=CC2=C(C)C(C(C)C(=O)NC3CCN(C)C3)c3cc(OC)ccc32)C(C)C(OC)C1=O. The molecule has 0 spiro atoms. The number of hydrogen-bond acceptors (Lipinski definition) is 6. The van der Waals surface area contributed by atoms with E-state index in [0.29, 0.717) is 5.76 Å². The third-order valence-electron chi connectivity index (χ3n) is 7.99. The van der Waals surface area contributed by atoms with E-state index in [0.717, 1.165) is 53.1 Å². The highest BCUT2D eigenvalue weighted by Crippen LogP contribution is 2.48. The van der Waals surface area contributed by atoms with Crippen LogP contribution in [0.3, 0.4) is 0 Å². The zero-order valence-corrected chi connectivity index (χ0v) is 22.4. The van der Waals surface area contributed by atoms with Crippen molar-refractivity contribution in [3.05, 3.63) is 58.4 Å². The Labute approximate surface area is 214 Å². The number of allylic oxidation sites excluding steroid dienone is 4. The summed E-state index contributed by atoms with van der Waals surface area (Å²) < 4.78 is 16.4. The molecule has 0 radical (unpaired) electrons. The number of nitrogens with zero attached hydrogens (tertiary/aromatic N) is 1. The van der Waals surface area contributed by atoms with Crippen molar-refractivity contribution in [2.24, 2.45) is 11.8 Å². The van der Waals surface area contributed by atoms with Crippen LogP contribution < -0.4 is 10.1 Å². The van der Waals surface area contributed by atoms with Gasteiger partial charge in [0.05, 0.1) is 14.2 Å². The number of nitrogens with one attached hydrogen (secondary N) is 1. The number of ketones is 1. The van der Waals surface area contributed by atoms with E-state index < -0.39 is 6.10 Å². The van der Waals surface area contributed by atoms with Gasteiger partial charge in [0.15, 0.2) is 5.76 Å². The van der Waals surface area contributed by atoms with Gasteiger partial charge in [-0.05, 0) is 67.4 Å². The molecule has 0 aromatic heterocycles. The molecule has 0 saturated carbocycles. The standard InChI is InChI=1S/C29H38N2O5/c1-16-19(13-25(35-6)27(32)28(16)36-7)12-23-17(2)26(24-14-21(34-5)8-9-22(23)24)18(3)29(33)30-20-10-11-31(4)15-20/h8-9,12-14,16,18,20,26,28H,10-11,15H2,1-7H3,(H,30,33). The zero-order valence-electron chi connectivity index (χ0n) is 22.4. The summed E-state index contributed by atoms with van der Waals surface area (Å²) >= 11 is 0. The second kappa shape index (κ2) is 10.6. The van der Waals surface area contributed by atoms with E-state index in [1.165, 1.54) is 7.11 Å². The fourth-order valence-corrected chi connectivity index (χ4v) is 5.86. The largest absolute Gasteiger partial charge is 0.497 e. The normalized spacial score (nSPS) is 28.2. The summed E-state index contributed by atoms with van der Waals surface area (Å²) in [6.07, 6.45) is 4.31. The number of likely N-dealkylation sites (N-methyl/N-ethyl adjacent to an activating group) is 1. The van der Waals surface area contributed by atoms with Crippen LogP contribution in [0.1, 0.15) is 44.2 Å². The van der Waals surface area contributed by atoms with Gasteiger partial charge < -0.3 is 24.4 Å². The van der Waals surface area contributed by atoms with Gasteiger partial charge in [-0.3, -0.25) is 9.59 Å². The molecule has 7 nitrogen and oxygen atoms in total. The number of fused-ring (bicyclic) bond motifs is 1. The first-order valence-electron chi connectivity index (χ1n) is 12.6. The average Bonchev–Trinajstić information content (AvgIpc) is 3.39. The summed E-state index contributed by atoms with van der Waals surface area (Å²) in [7, 11) is 6.79. The lowest BCUT2D eigenvalue weighted by Gasteiger charge is -2.28. The lowest BCUT2D eigenvalue weighted by atomic mass is 9.83. The van der Waals surface area contributed by atoms with Gasteiger partial charge in [0, 0.05) is 37.5 Å². The van der Waals surface area contributed by atoms with Gasteiger partial charge >= 0.3 is 0 Å². The first-order valence-corrected chi connectivity index (χ1v) is 12.6. The second-order valence-electron chi connectivity index (χ2n) is 10.2. The quantitative estimate of drug-likeness (QED) is 0.623. The fraction of sp³-hybridized carbons (Fsp3) is 0.517. The summed E-state index contributed by atoms with van der Waals surface area (Å²) in [6, 6.07) is 6.25. The number of carbonyl (C=O) groups is 2. The molecule has 1 aliphatic heterocycles. The van der Waals surface area contributed by atoms with E-state index >= 15 is 0 Å². The van der Waals surface area contributed by atoms with Gasteiger partial charge in [0.2, 0.25) is 11.7 Å². The molecule has 5 atom stereocenters. The number of carbonyl (C=O) groups excluding carboxylic acids is 2. The highest BCUT2D eigenvalue weighted by atomic mass is 16.5. The van der Waals surface area contributed by atoms with Gasteiger partial charge in [-0.2, -0.15) is 0 Å². The molecule has 36 heavy (non-hydrogen) atoms. The minimum Gasteiger partial charge on any atom is -0.497 e. The van der Waals surface area contributed by atoms with Crippen LogP contribution in [-0.4, -0.2) is 70.2 Å². The minimum absolute atomic E-state index is 0.0694. The Balaban J connectivity index is 1.74. The van der Waals surface area contributed by atoms with E-state index in [2.05, 4.69) is 36.3 Å². The number of rotatable bonds is 7. The Morgan fingerprint density at radius 2 is 1.97 bits per heavy atom. The summed E-state index contributed by atoms with van der Waals surface area (Å²) in [6.45, 7) is 7.98. The van der Waals surface area contributed by atoms with Crippen LogP contribution in [0.4, 0.5) is 0 Å². The van der Waals surface area contributed by atoms with Crippen LogP contribution >= 0.6 is 0 Å². The monoisotopic (exact) mass is 494 g/mol. The first kappa shape index (κ1) is 26.2. The van der Waals surface area contributed by atoms with Crippen LogP contribution in [0.2, 0.25) is 0 Å². The van der Waals surface area contributed by atoms with Crippen molar-refractivity contribution in [3.63, 3.8) is 0 Å². The first-order chi connectivity index (χ1) is 17.2. The molecule has 7 heteroatoms. The maximum atomic E-state index is 13.4. The topological polar surface area (TPSA) is 77.1 Å². The van der Waals surface area contributed by atoms with Crippen molar-refractivity contribution in [2.75, 3.05) is 41.5 Å². The van der Waals surface area contributed by atoms with Crippen LogP contribution in [0, 0.1) is 11.8 Å². The van der Waals surface area contributed by atoms with Gasteiger partial charge in [-0.15, -0.1) is 0 Å². The molecule has 3 aliphatic rings. The van der Waals surface area contributed by atoms with Crippen LogP contribution in [0.5, 0.6) is 5.75 Å². The molecular formula is C29H38N2O5. The van der Waals surface area contributed by atoms with E-state index in [9.17, 15) is 9.59 Å². The number of ether oxygens (including phenoxy) is 3. The van der Waals surface area contributed by atoms with Crippen LogP contribution in [-0.2, 0) is 19.1 Å². The van der Waals surface area contributed by atoms with Crippen molar-refractivity contribution in [2.45, 2.75) is 45.3 Å². The molecule has 5 unspecified atom stereocenters.